The minimum absolute atomic E-state index is 0.0121. The molecule has 0 spiro atoms. The lowest BCUT2D eigenvalue weighted by Gasteiger charge is -2.20. The zero-order chi connectivity index (χ0) is 44.6. The Morgan fingerprint density at radius 3 is 1.78 bits per heavy atom. The quantitative estimate of drug-likeness (QED) is 0.0128. The number of allylic oxidation sites excluding steroid dienone is 12. The van der Waals surface area contributed by atoms with Gasteiger partial charge in [-0.3, -0.25) is 23.2 Å². The lowest BCUT2D eigenvalue weighted by molar-refractivity contribution is -0.161. The third kappa shape index (κ3) is 42.0. The minimum atomic E-state index is -4.88. The fraction of sp³-hybridized carbons (Fsp3) is 0.636. The zero-order valence-corrected chi connectivity index (χ0v) is 37.7. The van der Waals surface area contributed by atoms with Gasteiger partial charge in [0.05, 0.1) is 25.9 Å². The van der Waals surface area contributed by atoms with E-state index in [0.717, 1.165) is 64.2 Å². The van der Waals surface area contributed by atoms with Gasteiger partial charge in [0, 0.05) is 12.8 Å². The third-order valence-corrected chi connectivity index (χ3v) is 9.77. The number of hydrogen-bond acceptors (Lipinski definition) is 11. The topological polar surface area (TPSA) is 216 Å². The average molecular weight is 889 g/mol. The molecule has 2 unspecified atom stereocenters. The molecule has 0 aromatic carbocycles. The molecule has 0 rings (SSSR count). The van der Waals surface area contributed by atoms with Crippen LogP contribution in [0.25, 0.3) is 0 Å². The number of carbonyl (C=O) groups excluding carboxylic acids is 2. The third-order valence-electron chi connectivity index (χ3n) is 8.34. The number of aliphatic hydroxyl groups is 2. The molecule has 0 saturated heterocycles. The number of ether oxygens (including phenoxy) is 2. The van der Waals surface area contributed by atoms with Crippen molar-refractivity contribution in [3.05, 3.63) is 85.1 Å². The van der Waals surface area contributed by atoms with Crippen LogP contribution in [0.2, 0.25) is 0 Å². The molecule has 4 atom stereocenters. The lowest BCUT2D eigenvalue weighted by Crippen LogP contribution is -2.29. The molecule has 0 bridgehead atoms. The molecule has 344 valence electrons. The highest BCUT2D eigenvalue weighted by Gasteiger charge is 2.28. The number of aliphatic hydroxyl groups excluding tert-OH is 2. The van der Waals surface area contributed by atoms with E-state index in [2.05, 4.69) is 71.5 Å². The van der Waals surface area contributed by atoms with Crippen molar-refractivity contribution in [2.75, 3.05) is 26.4 Å². The molecule has 0 aliphatic rings. The van der Waals surface area contributed by atoms with Crippen LogP contribution in [-0.4, -0.2) is 81.6 Å². The number of esters is 2. The molecule has 14 nitrogen and oxygen atoms in total. The van der Waals surface area contributed by atoms with E-state index in [9.17, 15) is 33.8 Å². The first-order chi connectivity index (χ1) is 28.8. The predicted octanol–water partition coefficient (Wildman–Crippen LogP) is 9.75. The highest BCUT2D eigenvalue weighted by Crippen LogP contribution is 2.43. The molecule has 60 heavy (non-hydrogen) atoms. The van der Waals surface area contributed by atoms with Crippen molar-refractivity contribution < 1.29 is 66.7 Å². The Morgan fingerprint density at radius 1 is 0.567 bits per heavy atom. The van der Waals surface area contributed by atoms with Crippen LogP contribution in [0, 0.1) is 0 Å². The summed E-state index contributed by atoms with van der Waals surface area (Å²) in [5.74, 6) is -1.19. The van der Waals surface area contributed by atoms with Crippen molar-refractivity contribution in [2.45, 2.75) is 154 Å². The van der Waals surface area contributed by atoms with Crippen LogP contribution in [0.15, 0.2) is 85.1 Å². The van der Waals surface area contributed by atoms with Gasteiger partial charge in [0.2, 0.25) is 0 Å². The second-order valence-corrected chi connectivity index (χ2v) is 16.8. The van der Waals surface area contributed by atoms with E-state index in [1.54, 1.807) is 18.2 Å². The molecular formula is C44H74O14P2. The average Bonchev–Trinajstić information content (AvgIpc) is 3.20. The Labute approximate surface area is 359 Å². The molecule has 0 saturated carbocycles. The first-order valence-corrected chi connectivity index (χ1v) is 24.4. The number of phosphoric acid groups is 2. The number of hydrogen-bond donors (Lipinski definition) is 5. The monoisotopic (exact) mass is 888 g/mol. The van der Waals surface area contributed by atoms with Gasteiger partial charge in [-0.25, -0.2) is 9.13 Å². The van der Waals surface area contributed by atoms with Crippen molar-refractivity contribution in [1.82, 2.24) is 0 Å². The summed E-state index contributed by atoms with van der Waals surface area (Å²) in [5, 5.41) is 19.9. The summed E-state index contributed by atoms with van der Waals surface area (Å²) < 4.78 is 47.6. The largest absolute Gasteiger partial charge is 0.472 e. The highest BCUT2D eigenvalue weighted by molar-refractivity contribution is 7.47. The fourth-order valence-corrected chi connectivity index (χ4v) is 6.24. The van der Waals surface area contributed by atoms with Crippen LogP contribution in [0.1, 0.15) is 136 Å². The van der Waals surface area contributed by atoms with Gasteiger partial charge in [0.1, 0.15) is 12.7 Å². The Hall–Kier alpha value is -2.74. The standard InChI is InChI=1S/C44H74O14P2/c1-3-5-7-9-11-13-14-15-16-17-18-20-22-26-30-34-43(47)54-38-42(39-57-60(52,53)56-37-41(46)36-55-59(49,50)51)58-44(48)35-31-27-23-25-29-33-40(45)32-28-24-21-19-12-10-8-6-4-2/h5,7,11-13,15-16,19,23-25,28-29,33,40-42,45-46H,3-4,6,8-10,14,17-18,20-22,26-27,30-32,34-39H2,1-2H3,(H,52,53)(H2,49,50,51)/b7-5-,13-11-,16-15-,19-12-,25-23+,28-24-,33-29-/t40?,41-,42+/m0/s1. The maximum absolute atomic E-state index is 12.6. The molecule has 0 aliphatic carbocycles. The number of rotatable bonds is 39. The molecule has 0 amide bonds. The van der Waals surface area contributed by atoms with Crippen LogP contribution in [0.4, 0.5) is 0 Å². The van der Waals surface area contributed by atoms with E-state index in [-0.39, 0.29) is 12.8 Å². The van der Waals surface area contributed by atoms with Gasteiger partial charge in [-0.2, -0.15) is 0 Å². The van der Waals surface area contributed by atoms with Gasteiger partial charge in [-0.1, -0.05) is 131 Å². The summed E-state index contributed by atoms with van der Waals surface area (Å²) in [5.41, 5.74) is 0. The van der Waals surface area contributed by atoms with Crippen LogP contribution in [0.3, 0.4) is 0 Å². The Kier molecular flexibility index (Phi) is 37.3. The smallest absolute Gasteiger partial charge is 0.462 e. The zero-order valence-electron chi connectivity index (χ0n) is 35.9. The van der Waals surface area contributed by atoms with Gasteiger partial charge in [-0.05, 0) is 77.0 Å². The second-order valence-electron chi connectivity index (χ2n) is 14.1. The summed E-state index contributed by atoms with van der Waals surface area (Å²) >= 11 is 0. The first kappa shape index (κ1) is 57.3. The van der Waals surface area contributed by atoms with E-state index in [4.69, 9.17) is 23.8 Å². The lowest BCUT2D eigenvalue weighted by atomic mass is 10.1. The Balaban J connectivity index is 4.75. The van der Waals surface area contributed by atoms with Gasteiger partial charge >= 0.3 is 27.6 Å². The van der Waals surface area contributed by atoms with Crippen LogP contribution in [-0.2, 0) is 41.8 Å². The second kappa shape index (κ2) is 39.1. The van der Waals surface area contributed by atoms with Crippen molar-refractivity contribution >= 4 is 27.6 Å². The van der Waals surface area contributed by atoms with Crippen LogP contribution < -0.4 is 0 Å². The van der Waals surface area contributed by atoms with Gasteiger partial charge < -0.3 is 34.4 Å². The predicted molar refractivity (Wildman–Crippen MR) is 236 cm³/mol. The van der Waals surface area contributed by atoms with E-state index >= 15 is 0 Å². The minimum Gasteiger partial charge on any atom is -0.462 e. The first-order valence-electron chi connectivity index (χ1n) is 21.4. The molecule has 5 N–H and O–H groups in total. The van der Waals surface area contributed by atoms with E-state index in [0.29, 0.717) is 25.7 Å². The van der Waals surface area contributed by atoms with E-state index in [1.807, 2.05) is 18.2 Å². The van der Waals surface area contributed by atoms with Crippen LogP contribution in [0.5, 0.6) is 0 Å². The molecular weight excluding hydrogens is 814 g/mol. The van der Waals surface area contributed by atoms with Crippen molar-refractivity contribution in [2.24, 2.45) is 0 Å². The van der Waals surface area contributed by atoms with Gasteiger partial charge in [-0.15, -0.1) is 0 Å². The normalized spacial score (nSPS) is 15.4. The SMILES string of the molecule is CC/C=C\C/C=C\C/C=C\CCCCCCCC(=O)OC[C@H](COP(=O)(O)OC[C@@H](O)COP(=O)(O)O)OC(=O)CCC/C=C/C=C\C(O)C/C=C\C/C=C\CCCCC. The van der Waals surface area contributed by atoms with Crippen molar-refractivity contribution in [3.8, 4) is 0 Å². The van der Waals surface area contributed by atoms with E-state index < -0.39 is 72.3 Å². The van der Waals surface area contributed by atoms with Crippen LogP contribution >= 0.6 is 15.6 Å². The van der Waals surface area contributed by atoms with Gasteiger partial charge in [0.25, 0.3) is 0 Å². The van der Waals surface area contributed by atoms with Gasteiger partial charge in [0.15, 0.2) is 6.10 Å². The molecule has 0 fully saturated rings. The number of unbranched alkanes of at least 4 members (excludes halogenated alkanes) is 9. The van der Waals surface area contributed by atoms with Crippen molar-refractivity contribution in [3.63, 3.8) is 0 Å². The molecule has 0 radical (unpaired) electrons. The van der Waals surface area contributed by atoms with E-state index in [1.165, 1.54) is 19.3 Å². The molecule has 0 aromatic rings. The molecule has 16 heteroatoms. The maximum Gasteiger partial charge on any atom is 0.472 e. The highest BCUT2D eigenvalue weighted by atomic mass is 31.2. The summed E-state index contributed by atoms with van der Waals surface area (Å²) in [7, 11) is -9.74. The number of phosphoric ester groups is 2. The maximum atomic E-state index is 12.6. The summed E-state index contributed by atoms with van der Waals surface area (Å²) in [6.45, 7) is 1.41. The summed E-state index contributed by atoms with van der Waals surface area (Å²) in [6.07, 6.45) is 40.3. The Morgan fingerprint density at radius 2 is 1.12 bits per heavy atom. The van der Waals surface area contributed by atoms with Crippen molar-refractivity contribution in [1.29, 1.82) is 0 Å². The molecule has 0 aromatic heterocycles. The fourth-order valence-electron chi connectivity index (χ4n) is 5.08. The summed E-state index contributed by atoms with van der Waals surface area (Å²) in [6, 6.07) is 0. The number of carbonyl (C=O) groups is 2. The molecule has 0 heterocycles. The molecule has 0 aliphatic heterocycles. The summed E-state index contributed by atoms with van der Waals surface area (Å²) in [4.78, 5) is 52.6. The Bertz CT molecular complexity index is 1400.